The van der Waals surface area contributed by atoms with Crippen molar-refractivity contribution < 1.29 is 28.0 Å². The molecule has 4 amide bonds. The molecule has 238 valence electrons. The molecule has 1 aromatic carbocycles. The maximum absolute atomic E-state index is 14.2. The van der Waals surface area contributed by atoms with Crippen molar-refractivity contribution in [3.8, 4) is 0 Å². The largest absolute Gasteiger partial charge is 0.340 e. The summed E-state index contributed by atoms with van der Waals surface area (Å²) in [6.07, 6.45) is 10.1. The van der Waals surface area contributed by atoms with Crippen LogP contribution in [0.2, 0.25) is 0 Å². The smallest absolute Gasteiger partial charge is 0.270 e. The summed E-state index contributed by atoms with van der Waals surface area (Å²) in [5.74, 6) is -4.04. The summed E-state index contributed by atoms with van der Waals surface area (Å²) in [6.45, 7) is 4.20. The monoisotopic (exact) mass is 628 g/mol. The molecule has 1 saturated carbocycles. The Balaban J connectivity index is 1.22. The van der Waals surface area contributed by atoms with Crippen LogP contribution in [0.5, 0.6) is 0 Å². The maximum Gasteiger partial charge on any atom is 0.270 e. The lowest BCUT2D eigenvalue weighted by atomic mass is 9.80. The van der Waals surface area contributed by atoms with Gasteiger partial charge in [0, 0.05) is 56.3 Å². The quantitative estimate of drug-likeness (QED) is 0.498. The molecule has 0 unspecified atom stereocenters. The predicted molar refractivity (Wildman–Crippen MR) is 165 cm³/mol. The third-order valence-corrected chi connectivity index (χ3v) is 11.5. The third-order valence-electron chi connectivity index (χ3n) is 10.4. The molecule has 2 aromatic rings. The van der Waals surface area contributed by atoms with E-state index in [-0.39, 0.29) is 46.2 Å². The Morgan fingerprint density at radius 3 is 2.43 bits per heavy atom. The second kappa shape index (κ2) is 12.0. The average Bonchev–Trinajstić information content (AvgIpc) is 3.66. The fourth-order valence-corrected chi connectivity index (χ4v) is 8.83. The van der Waals surface area contributed by atoms with E-state index in [2.05, 4.69) is 5.32 Å². The minimum Gasteiger partial charge on any atom is -0.340 e. The number of amides is 4. The van der Waals surface area contributed by atoms with Crippen LogP contribution in [0.4, 0.5) is 8.78 Å². The number of likely N-dealkylation sites (tertiary alicyclic amines) is 1. The van der Waals surface area contributed by atoms with Crippen molar-refractivity contribution in [2.24, 2.45) is 5.41 Å². The molecule has 44 heavy (non-hydrogen) atoms. The lowest BCUT2D eigenvalue weighted by molar-refractivity contribution is -0.148. The summed E-state index contributed by atoms with van der Waals surface area (Å²) in [4.78, 5) is 59.8. The molecule has 6 rings (SSSR count). The molecule has 4 aliphatic rings. The summed E-state index contributed by atoms with van der Waals surface area (Å²) in [5.41, 5.74) is 0.0573. The predicted octanol–water partition coefficient (Wildman–Crippen LogP) is 5.30. The first-order valence-electron chi connectivity index (χ1n) is 16.0. The number of hydrogen-bond acceptors (Lipinski definition) is 5. The molecule has 8 nitrogen and oxygen atoms in total. The summed E-state index contributed by atoms with van der Waals surface area (Å²) in [5, 5.41) is 3.38. The molecule has 3 atom stereocenters. The van der Waals surface area contributed by atoms with Crippen LogP contribution in [0.25, 0.3) is 10.1 Å². The highest BCUT2D eigenvalue weighted by Crippen LogP contribution is 2.43. The number of rotatable bonds is 4. The van der Waals surface area contributed by atoms with Crippen molar-refractivity contribution in [3.05, 3.63) is 34.7 Å². The number of alkyl halides is 2. The molecular formula is C33H42F2N4O4S. The van der Waals surface area contributed by atoms with E-state index in [4.69, 9.17) is 0 Å². The number of hydrogen-bond donors (Lipinski definition) is 1. The highest BCUT2D eigenvalue weighted by atomic mass is 32.1. The van der Waals surface area contributed by atoms with Gasteiger partial charge in [0.05, 0.1) is 4.88 Å². The Morgan fingerprint density at radius 2 is 1.73 bits per heavy atom. The van der Waals surface area contributed by atoms with E-state index >= 15 is 0 Å². The second-order valence-electron chi connectivity index (χ2n) is 13.4. The van der Waals surface area contributed by atoms with Crippen LogP contribution < -0.4 is 5.32 Å². The van der Waals surface area contributed by atoms with Crippen molar-refractivity contribution in [1.29, 1.82) is 0 Å². The van der Waals surface area contributed by atoms with Gasteiger partial charge < -0.3 is 20.0 Å². The Hall–Kier alpha value is -3.08. The molecule has 1 aromatic heterocycles. The Morgan fingerprint density at radius 1 is 0.977 bits per heavy atom. The molecule has 1 spiro atoms. The van der Waals surface area contributed by atoms with Gasteiger partial charge in [-0.15, -0.1) is 11.3 Å². The number of fused-ring (bicyclic) bond motifs is 2. The van der Waals surface area contributed by atoms with E-state index in [1.54, 1.807) is 21.9 Å². The van der Waals surface area contributed by atoms with Crippen molar-refractivity contribution >= 4 is 45.1 Å². The summed E-state index contributed by atoms with van der Waals surface area (Å²) in [7, 11) is 0. The molecule has 4 fully saturated rings. The van der Waals surface area contributed by atoms with Crippen molar-refractivity contribution in [2.75, 3.05) is 26.2 Å². The third kappa shape index (κ3) is 6.08. The normalized spacial score (nSPS) is 26.0. The first kappa shape index (κ1) is 30.9. The minimum absolute atomic E-state index is 0.00378. The fourth-order valence-electron chi connectivity index (χ4n) is 7.89. The molecule has 4 heterocycles. The fraction of sp³-hybridized carbons (Fsp3) is 0.636. The van der Waals surface area contributed by atoms with Crippen LogP contribution in [-0.4, -0.2) is 82.6 Å². The number of carbonyl (C=O) groups excluding carboxylic acids is 4. The minimum atomic E-state index is -3.01. The van der Waals surface area contributed by atoms with Crippen LogP contribution in [0.15, 0.2) is 24.3 Å². The lowest BCUT2D eigenvalue weighted by Gasteiger charge is -2.39. The number of thiophene rings is 1. The Bertz CT molecular complexity index is 1450. The van der Waals surface area contributed by atoms with E-state index in [9.17, 15) is 28.0 Å². The highest BCUT2D eigenvalue weighted by molar-refractivity contribution is 7.20. The SMILES string of the molecule is CC(=O)N1CC[C@H]2CC[C@@H](C(=O)N3CCC4(CCCCCC4)C3)N2C(=O)[C@@H](NC(=O)c2cc3cc(C(C)(F)F)ccc3s2)C1. The number of carbonyl (C=O) groups is 4. The van der Waals surface area contributed by atoms with Crippen LogP contribution in [0.3, 0.4) is 0 Å². The molecule has 0 radical (unpaired) electrons. The number of benzene rings is 1. The lowest BCUT2D eigenvalue weighted by Crippen LogP contribution is -2.61. The second-order valence-corrected chi connectivity index (χ2v) is 14.5. The topological polar surface area (TPSA) is 90.0 Å². The molecular weight excluding hydrogens is 586 g/mol. The molecule has 0 bridgehead atoms. The van der Waals surface area contributed by atoms with Crippen LogP contribution >= 0.6 is 11.3 Å². The van der Waals surface area contributed by atoms with Gasteiger partial charge in [-0.2, -0.15) is 0 Å². The molecule has 3 aliphatic heterocycles. The number of nitrogens with zero attached hydrogens (tertiary/aromatic N) is 3. The first-order valence-corrected chi connectivity index (χ1v) is 16.8. The van der Waals surface area contributed by atoms with Gasteiger partial charge in [0.2, 0.25) is 17.7 Å². The van der Waals surface area contributed by atoms with Gasteiger partial charge in [-0.1, -0.05) is 31.7 Å². The summed E-state index contributed by atoms with van der Waals surface area (Å²) >= 11 is 1.16. The van der Waals surface area contributed by atoms with Gasteiger partial charge in [-0.3, -0.25) is 19.2 Å². The van der Waals surface area contributed by atoms with Crippen LogP contribution in [0, 0.1) is 5.41 Å². The maximum atomic E-state index is 14.2. The van der Waals surface area contributed by atoms with E-state index in [0.29, 0.717) is 35.9 Å². The van der Waals surface area contributed by atoms with Gasteiger partial charge in [-0.05, 0) is 67.5 Å². The van der Waals surface area contributed by atoms with E-state index < -0.39 is 23.9 Å². The number of halogens is 2. The Kier molecular flexibility index (Phi) is 8.45. The van der Waals surface area contributed by atoms with Gasteiger partial charge in [0.1, 0.15) is 12.1 Å². The van der Waals surface area contributed by atoms with Gasteiger partial charge in [0.25, 0.3) is 11.8 Å². The zero-order chi connectivity index (χ0) is 31.2. The standard InChI is InChI=1S/C33H42F2N4O4S/c1-21(40)37-15-11-24-8-9-26(31(43)38-16-14-33(20-38)12-5-3-4-6-13-33)39(24)30(42)25(19-37)36-29(41)28-18-22-17-23(32(2,34)35)7-10-27(22)44-28/h7,10,17-18,24-26H,3-6,8-9,11-16,19-20H2,1-2H3,(H,36,41)/t24-,25+,26+/m1/s1. The molecule has 1 N–H and O–H groups in total. The van der Waals surface area contributed by atoms with E-state index in [1.165, 1.54) is 44.7 Å². The van der Waals surface area contributed by atoms with E-state index in [0.717, 1.165) is 50.6 Å². The van der Waals surface area contributed by atoms with Crippen molar-refractivity contribution in [3.63, 3.8) is 0 Å². The van der Waals surface area contributed by atoms with Crippen molar-refractivity contribution in [2.45, 2.75) is 102 Å². The van der Waals surface area contributed by atoms with E-state index in [1.807, 2.05) is 4.90 Å². The average molecular weight is 629 g/mol. The first-order chi connectivity index (χ1) is 20.9. The van der Waals surface area contributed by atoms with Crippen LogP contribution in [-0.2, 0) is 20.3 Å². The summed E-state index contributed by atoms with van der Waals surface area (Å²) in [6, 6.07) is 4.07. The van der Waals surface area contributed by atoms with Crippen LogP contribution in [0.1, 0.15) is 93.3 Å². The zero-order valence-electron chi connectivity index (χ0n) is 25.6. The summed E-state index contributed by atoms with van der Waals surface area (Å²) < 4.78 is 28.5. The van der Waals surface area contributed by atoms with Gasteiger partial charge in [-0.25, -0.2) is 8.78 Å². The number of nitrogens with one attached hydrogen (secondary N) is 1. The van der Waals surface area contributed by atoms with Crippen molar-refractivity contribution in [1.82, 2.24) is 20.0 Å². The van der Waals surface area contributed by atoms with Gasteiger partial charge >= 0.3 is 0 Å². The zero-order valence-corrected chi connectivity index (χ0v) is 26.4. The van der Waals surface area contributed by atoms with Gasteiger partial charge in [0.15, 0.2) is 0 Å². The Labute approximate surface area is 261 Å². The molecule has 3 saturated heterocycles. The molecule has 11 heteroatoms. The molecule has 1 aliphatic carbocycles. The highest BCUT2D eigenvalue weighted by Gasteiger charge is 2.48.